The Morgan fingerprint density at radius 2 is 1.80 bits per heavy atom. The minimum Gasteiger partial charge on any atom is -0.394 e. The highest BCUT2D eigenvalue weighted by Crippen LogP contribution is 2.34. The molecule has 1 aliphatic rings. The van der Waals surface area contributed by atoms with Crippen molar-refractivity contribution in [1.29, 1.82) is 0 Å². The molecule has 2 rings (SSSR count). The lowest BCUT2D eigenvalue weighted by atomic mass is 9.82. The maximum atomic E-state index is 12.3. The number of carbonyl (C=O) groups is 1. The summed E-state index contributed by atoms with van der Waals surface area (Å²) in [6.07, 6.45) is 5.98. The Labute approximate surface area is 119 Å². The van der Waals surface area contributed by atoms with Gasteiger partial charge in [0.2, 0.25) is 0 Å². The second-order valence-electron chi connectivity index (χ2n) is 5.46. The highest BCUT2D eigenvalue weighted by molar-refractivity contribution is 5.96. The van der Waals surface area contributed by atoms with E-state index >= 15 is 0 Å². The third-order valence-electron chi connectivity index (χ3n) is 4.03. The predicted octanol–water partition coefficient (Wildman–Crippen LogP) is 1.82. The monoisotopic (exact) mass is 277 g/mol. The number of hydrogen-bond acceptors (Lipinski definition) is 3. The fourth-order valence-corrected chi connectivity index (χ4v) is 2.89. The van der Waals surface area contributed by atoms with Crippen LogP contribution >= 0.6 is 0 Å². The van der Waals surface area contributed by atoms with E-state index in [0.29, 0.717) is 11.5 Å². The van der Waals surface area contributed by atoms with Gasteiger partial charge < -0.3 is 15.5 Å². The van der Waals surface area contributed by atoms with Gasteiger partial charge in [0.15, 0.2) is 0 Å². The van der Waals surface area contributed by atoms with Crippen LogP contribution in [-0.2, 0) is 0 Å². The maximum absolute atomic E-state index is 12.3. The minimum atomic E-state index is -0.595. The van der Waals surface area contributed by atoms with Crippen molar-refractivity contribution in [3.05, 3.63) is 35.4 Å². The van der Waals surface area contributed by atoms with Gasteiger partial charge >= 0.3 is 0 Å². The van der Waals surface area contributed by atoms with E-state index in [1.54, 1.807) is 0 Å². The van der Waals surface area contributed by atoms with Gasteiger partial charge in [-0.05, 0) is 30.4 Å². The molecule has 1 aromatic carbocycles. The highest BCUT2D eigenvalue weighted by atomic mass is 16.3. The summed E-state index contributed by atoms with van der Waals surface area (Å²) in [7, 11) is 0. The Bertz CT molecular complexity index is 437. The number of aliphatic hydroxyl groups excluding tert-OH is 2. The average molecular weight is 277 g/mol. The van der Waals surface area contributed by atoms with Gasteiger partial charge in [-0.25, -0.2) is 0 Å². The van der Waals surface area contributed by atoms with Crippen molar-refractivity contribution in [2.24, 2.45) is 0 Å². The molecular weight excluding hydrogens is 254 g/mol. The van der Waals surface area contributed by atoms with E-state index in [1.807, 2.05) is 24.3 Å². The van der Waals surface area contributed by atoms with E-state index in [9.17, 15) is 4.79 Å². The molecule has 0 saturated heterocycles. The Morgan fingerprint density at radius 1 is 1.15 bits per heavy atom. The molecule has 1 amide bonds. The molecule has 0 radical (unpaired) electrons. The van der Waals surface area contributed by atoms with Crippen molar-refractivity contribution in [1.82, 2.24) is 5.32 Å². The zero-order valence-electron chi connectivity index (χ0n) is 11.7. The largest absolute Gasteiger partial charge is 0.394 e. The molecule has 1 saturated carbocycles. The molecule has 0 unspecified atom stereocenters. The normalized spacial score (nSPS) is 16.4. The van der Waals surface area contributed by atoms with E-state index in [2.05, 4.69) is 5.32 Å². The second-order valence-corrected chi connectivity index (χ2v) is 5.46. The van der Waals surface area contributed by atoms with Crippen LogP contribution < -0.4 is 5.32 Å². The second kappa shape index (κ2) is 7.41. The Kier molecular flexibility index (Phi) is 5.56. The summed E-state index contributed by atoms with van der Waals surface area (Å²) in [5.41, 5.74) is 1.77. The van der Waals surface area contributed by atoms with Gasteiger partial charge in [0.05, 0.1) is 19.3 Å². The molecule has 1 aromatic rings. The number of aliphatic hydroxyl groups is 2. The Hall–Kier alpha value is -1.39. The first-order chi connectivity index (χ1) is 9.76. The van der Waals surface area contributed by atoms with Gasteiger partial charge in [-0.1, -0.05) is 37.5 Å². The molecule has 0 bridgehead atoms. The van der Waals surface area contributed by atoms with Gasteiger partial charge in [0.25, 0.3) is 5.91 Å². The zero-order valence-corrected chi connectivity index (χ0v) is 11.7. The molecule has 4 heteroatoms. The number of carbonyl (C=O) groups excluding carboxylic acids is 1. The maximum Gasteiger partial charge on any atom is 0.251 e. The van der Waals surface area contributed by atoms with Crippen LogP contribution in [0.4, 0.5) is 0 Å². The van der Waals surface area contributed by atoms with Crippen LogP contribution in [0.2, 0.25) is 0 Å². The number of rotatable bonds is 5. The van der Waals surface area contributed by atoms with E-state index in [0.717, 1.165) is 18.4 Å². The summed E-state index contributed by atoms with van der Waals surface area (Å²) in [5.74, 6) is 0.242. The van der Waals surface area contributed by atoms with Gasteiger partial charge in [0, 0.05) is 5.56 Å². The van der Waals surface area contributed by atoms with Crippen molar-refractivity contribution in [3.63, 3.8) is 0 Å². The van der Waals surface area contributed by atoms with Crippen LogP contribution in [0, 0.1) is 0 Å². The van der Waals surface area contributed by atoms with Crippen LogP contribution in [0.5, 0.6) is 0 Å². The lowest BCUT2D eigenvalue weighted by Gasteiger charge is -2.24. The smallest absolute Gasteiger partial charge is 0.251 e. The molecule has 20 heavy (non-hydrogen) atoms. The van der Waals surface area contributed by atoms with Crippen molar-refractivity contribution < 1.29 is 15.0 Å². The Balaban J connectivity index is 2.16. The molecule has 0 heterocycles. The van der Waals surface area contributed by atoms with E-state index < -0.39 is 6.04 Å². The molecule has 0 atom stereocenters. The molecule has 0 spiro atoms. The summed E-state index contributed by atoms with van der Waals surface area (Å²) < 4.78 is 0. The van der Waals surface area contributed by atoms with Crippen molar-refractivity contribution in [2.45, 2.75) is 44.1 Å². The van der Waals surface area contributed by atoms with Gasteiger partial charge in [0.1, 0.15) is 0 Å². The third-order valence-corrected chi connectivity index (χ3v) is 4.03. The predicted molar refractivity (Wildman–Crippen MR) is 77.7 cm³/mol. The summed E-state index contributed by atoms with van der Waals surface area (Å²) in [6.45, 7) is -0.512. The molecule has 1 aliphatic carbocycles. The van der Waals surface area contributed by atoms with Crippen LogP contribution in [0.1, 0.15) is 53.9 Å². The molecule has 4 nitrogen and oxygen atoms in total. The lowest BCUT2D eigenvalue weighted by molar-refractivity contribution is 0.0877. The van der Waals surface area contributed by atoms with E-state index in [-0.39, 0.29) is 19.1 Å². The quantitative estimate of drug-likeness (QED) is 0.769. The van der Waals surface area contributed by atoms with Gasteiger partial charge in [-0.15, -0.1) is 0 Å². The lowest BCUT2D eigenvalue weighted by Crippen LogP contribution is -2.40. The highest BCUT2D eigenvalue weighted by Gasteiger charge is 2.22. The molecule has 3 N–H and O–H groups in total. The molecule has 110 valence electrons. The summed E-state index contributed by atoms with van der Waals surface area (Å²) in [5, 5.41) is 20.8. The van der Waals surface area contributed by atoms with Gasteiger partial charge in [-0.2, -0.15) is 0 Å². The minimum absolute atomic E-state index is 0.209. The number of nitrogens with one attached hydrogen (secondary N) is 1. The van der Waals surface area contributed by atoms with Crippen molar-refractivity contribution in [3.8, 4) is 0 Å². The topological polar surface area (TPSA) is 69.6 Å². The van der Waals surface area contributed by atoms with Crippen molar-refractivity contribution >= 4 is 5.91 Å². The van der Waals surface area contributed by atoms with Crippen LogP contribution in [0.25, 0.3) is 0 Å². The van der Waals surface area contributed by atoms with E-state index in [4.69, 9.17) is 10.2 Å². The zero-order chi connectivity index (χ0) is 14.4. The van der Waals surface area contributed by atoms with Crippen molar-refractivity contribution in [2.75, 3.05) is 13.2 Å². The van der Waals surface area contributed by atoms with Crippen LogP contribution in [0.3, 0.4) is 0 Å². The first-order valence-electron chi connectivity index (χ1n) is 7.37. The number of amides is 1. The summed E-state index contributed by atoms with van der Waals surface area (Å²) >= 11 is 0. The first-order valence-corrected chi connectivity index (χ1v) is 7.37. The van der Waals surface area contributed by atoms with Crippen LogP contribution in [-0.4, -0.2) is 35.4 Å². The van der Waals surface area contributed by atoms with Crippen LogP contribution in [0.15, 0.2) is 24.3 Å². The SMILES string of the molecule is O=C(NC(CO)CO)c1ccccc1C1CCCCC1. The first kappa shape index (κ1) is 15.0. The summed E-state index contributed by atoms with van der Waals surface area (Å²) in [6, 6.07) is 7.08. The third kappa shape index (κ3) is 3.58. The molecular formula is C16H23NO3. The average Bonchev–Trinajstić information content (AvgIpc) is 2.53. The molecule has 1 fully saturated rings. The number of benzene rings is 1. The molecule has 0 aromatic heterocycles. The van der Waals surface area contributed by atoms with Gasteiger partial charge in [-0.3, -0.25) is 4.79 Å². The molecule has 0 aliphatic heterocycles. The number of hydrogen-bond donors (Lipinski definition) is 3. The standard InChI is InChI=1S/C16H23NO3/c18-10-13(11-19)17-16(20)15-9-5-4-8-14(15)12-6-2-1-3-7-12/h4-5,8-9,12-13,18-19H,1-3,6-7,10-11H2,(H,17,20). The summed E-state index contributed by atoms with van der Waals surface area (Å²) in [4.78, 5) is 12.3. The van der Waals surface area contributed by atoms with E-state index in [1.165, 1.54) is 19.3 Å². The fraction of sp³-hybridized carbons (Fsp3) is 0.562. The Morgan fingerprint density at radius 3 is 2.45 bits per heavy atom. The fourth-order valence-electron chi connectivity index (χ4n) is 2.89.